The summed E-state index contributed by atoms with van der Waals surface area (Å²) < 4.78 is 0. The molecule has 0 atom stereocenters. The van der Waals surface area contributed by atoms with Crippen molar-refractivity contribution in [3.05, 3.63) is 251 Å². The van der Waals surface area contributed by atoms with E-state index in [2.05, 4.69) is 247 Å². The molecule has 6 rings (SSSR count). The number of allylic oxidation sites excluding steroid dienone is 14. The Labute approximate surface area is 378 Å². The van der Waals surface area contributed by atoms with Gasteiger partial charge in [-0.2, -0.15) is 0 Å². The minimum absolute atomic E-state index is 0.924. The molecule has 0 spiro atoms. The average Bonchev–Trinajstić information content (AvgIpc) is 3.30. The molecule has 0 saturated heterocycles. The Morgan fingerprint density at radius 2 is 0.613 bits per heavy atom. The summed E-state index contributed by atoms with van der Waals surface area (Å²) in [5.74, 6) is 0. The van der Waals surface area contributed by atoms with Gasteiger partial charge >= 0.3 is 0 Å². The fourth-order valence-electron chi connectivity index (χ4n) is 6.36. The summed E-state index contributed by atoms with van der Waals surface area (Å²) >= 11 is 3.46. The third kappa shape index (κ3) is 14.1. The molecule has 6 aromatic carbocycles. The van der Waals surface area contributed by atoms with E-state index >= 15 is 0 Å². The molecular formula is C58H54N2S2. The van der Waals surface area contributed by atoms with Gasteiger partial charge in [0.05, 0.1) is 11.4 Å². The van der Waals surface area contributed by atoms with Crippen LogP contribution in [0.2, 0.25) is 0 Å². The van der Waals surface area contributed by atoms with Crippen molar-refractivity contribution in [2.75, 3.05) is 12.5 Å². The third-order valence-corrected chi connectivity index (χ3v) is 11.6. The van der Waals surface area contributed by atoms with E-state index in [-0.39, 0.29) is 0 Å². The Balaban J connectivity index is 1.32. The fourth-order valence-corrected chi connectivity index (χ4v) is 7.18. The highest BCUT2D eigenvalue weighted by Crippen LogP contribution is 2.25. The maximum atomic E-state index is 4.84. The molecular weight excluding hydrogens is 789 g/mol. The Morgan fingerprint density at radius 1 is 0.339 bits per heavy atom. The highest BCUT2D eigenvalue weighted by molar-refractivity contribution is 7.98. The van der Waals surface area contributed by atoms with Gasteiger partial charge in [-0.15, -0.1) is 23.5 Å². The van der Waals surface area contributed by atoms with Crippen molar-refractivity contribution >= 4 is 69.6 Å². The second-order valence-corrected chi connectivity index (χ2v) is 16.7. The predicted octanol–water partition coefficient (Wildman–Crippen LogP) is 16.5. The Morgan fingerprint density at radius 3 is 0.903 bits per heavy atom. The summed E-state index contributed by atoms with van der Waals surface area (Å²) in [6.07, 6.45) is 29.5. The van der Waals surface area contributed by atoms with Crippen LogP contribution >= 0.6 is 23.5 Å². The minimum Gasteiger partial charge on any atom is -0.256 e. The molecule has 62 heavy (non-hydrogen) atoms. The van der Waals surface area contributed by atoms with Gasteiger partial charge in [-0.3, -0.25) is 9.98 Å². The quantitative estimate of drug-likeness (QED) is 0.0551. The molecule has 0 radical (unpaired) electrons. The van der Waals surface area contributed by atoms with Gasteiger partial charge in [-0.25, -0.2) is 0 Å². The van der Waals surface area contributed by atoms with E-state index < -0.39 is 0 Å². The van der Waals surface area contributed by atoms with E-state index in [0.29, 0.717) is 0 Å². The van der Waals surface area contributed by atoms with Crippen molar-refractivity contribution in [1.29, 1.82) is 0 Å². The molecule has 0 aliphatic heterocycles. The number of rotatable bonds is 16. The molecule has 0 aliphatic carbocycles. The third-order valence-electron chi connectivity index (χ3n) is 10.2. The lowest BCUT2D eigenvalue weighted by Crippen LogP contribution is -1.87. The SMILES string of the molecule is CSc1ccc(N=C/C(=C/C=C/C(=C/C=C/C=C(/C=C/C=C(/C=Nc2ccc(SC)cc2)c2ccc(C)cc2)c2ccc(C)cc2)c2ccc(C)cc2)c2ccc(C)cc2)cc1. The van der Waals surface area contributed by atoms with Crippen LogP contribution < -0.4 is 0 Å². The summed E-state index contributed by atoms with van der Waals surface area (Å²) in [4.78, 5) is 12.1. The highest BCUT2D eigenvalue weighted by atomic mass is 32.2. The van der Waals surface area contributed by atoms with Crippen molar-refractivity contribution < 1.29 is 0 Å². The topological polar surface area (TPSA) is 24.7 Å². The number of aliphatic imine (C=N–C) groups is 2. The molecule has 0 aromatic heterocycles. The fraction of sp³-hybridized carbons (Fsp3) is 0.103. The first kappa shape index (κ1) is 45.1. The first-order chi connectivity index (χ1) is 30.3. The summed E-state index contributed by atoms with van der Waals surface area (Å²) in [6.45, 7) is 8.46. The number of benzene rings is 6. The zero-order valence-corrected chi connectivity index (χ0v) is 38.1. The van der Waals surface area contributed by atoms with E-state index in [0.717, 1.165) is 55.9 Å². The normalized spacial score (nSPS) is 13.2. The zero-order valence-electron chi connectivity index (χ0n) is 36.5. The molecule has 308 valence electrons. The number of thioether (sulfide) groups is 2. The van der Waals surface area contributed by atoms with E-state index in [1.54, 1.807) is 23.5 Å². The summed E-state index contributed by atoms with van der Waals surface area (Å²) in [7, 11) is 0. The van der Waals surface area contributed by atoms with Crippen molar-refractivity contribution in [1.82, 2.24) is 0 Å². The van der Waals surface area contributed by atoms with Crippen LogP contribution in [-0.2, 0) is 0 Å². The van der Waals surface area contributed by atoms with Crippen LogP contribution in [0.4, 0.5) is 11.4 Å². The molecule has 0 heterocycles. The molecule has 0 aliphatic rings. The van der Waals surface area contributed by atoms with Crippen molar-refractivity contribution in [3.8, 4) is 0 Å². The van der Waals surface area contributed by atoms with Gasteiger partial charge in [-0.1, -0.05) is 180 Å². The lowest BCUT2D eigenvalue weighted by Gasteiger charge is -2.05. The maximum Gasteiger partial charge on any atom is 0.0630 e. The largest absolute Gasteiger partial charge is 0.256 e. The van der Waals surface area contributed by atoms with Crippen LogP contribution in [0.15, 0.2) is 226 Å². The molecule has 0 fully saturated rings. The molecule has 2 nitrogen and oxygen atoms in total. The van der Waals surface area contributed by atoms with Gasteiger partial charge in [0.25, 0.3) is 0 Å². The minimum atomic E-state index is 0.924. The first-order valence-corrected chi connectivity index (χ1v) is 23.2. The van der Waals surface area contributed by atoms with Crippen LogP contribution in [-0.4, -0.2) is 24.9 Å². The molecule has 0 bridgehead atoms. The number of aryl methyl sites for hydroxylation is 4. The smallest absolute Gasteiger partial charge is 0.0630 e. The number of hydrogen-bond acceptors (Lipinski definition) is 4. The van der Waals surface area contributed by atoms with Gasteiger partial charge < -0.3 is 0 Å². The van der Waals surface area contributed by atoms with E-state index in [9.17, 15) is 0 Å². The molecule has 0 saturated carbocycles. The predicted molar refractivity (Wildman–Crippen MR) is 277 cm³/mol. The summed E-state index contributed by atoms with van der Waals surface area (Å²) in [6, 6.07) is 51.2. The van der Waals surface area contributed by atoms with Crippen LogP contribution in [0.25, 0.3) is 22.3 Å². The van der Waals surface area contributed by atoms with Gasteiger partial charge in [0.1, 0.15) is 0 Å². The lowest BCUT2D eigenvalue weighted by atomic mass is 10.0. The van der Waals surface area contributed by atoms with E-state index in [1.807, 2.05) is 12.4 Å². The summed E-state index contributed by atoms with van der Waals surface area (Å²) in [5.41, 5.74) is 15.5. The van der Waals surface area contributed by atoms with Crippen LogP contribution in [0.1, 0.15) is 44.5 Å². The average molecular weight is 843 g/mol. The number of nitrogens with zero attached hydrogens (tertiary/aromatic N) is 2. The van der Waals surface area contributed by atoms with Crippen molar-refractivity contribution in [2.45, 2.75) is 37.5 Å². The van der Waals surface area contributed by atoms with Crippen molar-refractivity contribution in [2.24, 2.45) is 9.98 Å². The van der Waals surface area contributed by atoms with Crippen LogP contribution in [0, 0.1) is 27.7 Å². The second kappa shape index (κ2) is 23.5. The van der Waals surface area contributed by atoms with E-state index in [4.69, 9.17) is 9.98 Å². The highest BCUT2D eigenvalue weighted by Gasteiger charge is 2.03. The molecule has 0 N–H and O–H groups in total. The van der Waals surface area contributed by atoms with Gasteiger partial charge in [0.15, 0.2) is 0 Å². The Bertz CT molecular complexity index is 2460. The molecule has 0 amide bonds. The standard InChI is InChI=1S/C58H54N2S2/c1-43-17-25-49(26-18-43)47(13-9-15-53(51-29-21-45(3)22-30-51)41-59-55-33-37-57(61-5)38-34-55)11-7-8-12-48(50-27-19-44(2)20-28-50)14-10-16-54(52-31-23-46(4)24-32-52)42-60-56-35-39-58(62-6)40-36-56/h7-42H,1-6H3/b8-7+,13-9+,14-10+,47-11-,48-12-,53-15-,54-16-,59-41?,60-42?. The first-order valence-electron chi connectivity index (χ1n) is 20.8. The van der Waals surface area contributed by atoms with Crippen LogP contribution in [0.3, 0.4) is 0 Å². The van der Waals surface area contributed by atoms with Gasteiger partial charge in [-0.05, 0) is 133 Å². The zero-order chi connectivity index (χ0) is 43.5. The monoisotopic (exact) mass is 842 g/mol. The maximum absolute atomic E-state index is 4.84. The lowest BCUT2D eigenvalue weighted by molar-refractivity contribution is 1.43. The van der Waals surface area contributed by atoms with Crippen LogP contribution in [0.5, 0.6) is 0 Å². The Hall–Kier alpha value is -6.46. The second-order valence-electron chi connectivity index (χ2n) is 15.0. The Kier molecular flexibility index (Phi) is 17.1. The van der Waals surface area contributed by atoms with Crippen molar-refractivity contribution in [3.63, 3.8) is 0 Å². The molecule has 0 unspecified atom stereocenters. The molecule has 6 aromatic rings. The molecule has 4 heteroatoms. The van der Waals surface area contributed by atoms with E-state index in [1.165, 1.54) is 32.0 Å². The summed E-state index contributed by atoms with van der Waals surface area (Å²) in [5, 5.41) is 0. The van der Waals surface area contributed by atoms with Gasteiger partial charge in [0, 0.05) is 22.2 Å². The van der Waals surface area contributed by atoms with Gasteiger partial charge in [0.2, 0.25) is 0 Å². The number of hydrogen-bond donors (Lipinski definition) is 0.